The summed E-state index contributed by atoms with van der Waals surface area (Å²) in [4.78, 5) is 0. The molecule has 0 heterocycles. The molecule has 4 heteroatoms. The van der Waals surface area contributed by atoms with E-state index >= 15 is 0 Å². The van der Waals surface area contributed by atoms with Crippen molar-refractivity contribution in [3.8, 4) is 0 Å². The Hall–Kier alpha value is -0.426. The minimum absolute atomic E-state index is 0.355. The second kappa shape index (κ2) is 7.72. The lowest BCUT2D eigenvalue weighted by Gasteiger charge is -2.36. The van der Waals surface area contributed by atoms with Gasteiger partial charge < -0.3 is 8.99 Å². The summed E-state index contributed by atoms with van der Waals surface area (Å²) >= 11 is 0. The topological polar surface area (TPSA) is 12.5 Å². The van der Waals surface area contributed by atoms with Crippen LogP contribution in [-0.2, 0) is 10.8 Å². The van der Waals surface area contributed by atoms with Crippen LogP contribution in [0.2, 0.25) is 39.3 Å². The van der Waals surface area contributed by atoms with Crippen molar-refractivity contribution in [2.45, 2.75) is 58.2 Å². The van der Waals surface area contributed by atoms with Crippen LogP contribution in [0.5, 0.6) is 0 Å². The number of likely N-dealkylation sites (N-methyl/N-ethyl adjacent to an activating group) is 1. The first kappa shape index (κ1) is 18.6. The molecule has 1 aromatic carbocycles. The molecule has 0 bridgehead atoms. The lowest BCUT2D eigenvalue weighted by atomic mass is 10.1. The van der Waals surface area contributed by atoms with E-state index in [9.17, 15) is 0 Å². The van der Waals surface area contributed by atoms with Gasteiger partial charge in [-0.1, -0.05) is 50.0 Å². The second-order valence-electron chi connectivity index (χ2n) is 7.93. The first-order valence-electron chi connectivity index (χ1n) is 8.01. The monoisotopic (exact) mass is 323 g/mol. The third-order valence-electron chi connectivity index (χ3n) is 3.74. The van der Waals surface area contributed by atoms with E-state index in [1.807, 2.05) is 0 Å². The quantitative estimate of drug-likeness (QED) is 0.648. The average molecular weight is 324 g/mol. The van der Waals surface area contributed by atoms with E-state index in [1.165, 1.54) is 5.56 Å². The average Bonchev–Trinajstić information content (AvgIpc) is 2.34. The standard InChI is InChI=1S/C17H33NOSi2/c1-18(20(2,3)4)15-17(19-21(5,6)7)14-13-16-11-9-8-10-12-16/h8-12,17H,13-15H2,1-7H3. The largest absolute Gasteiger partial charge is 0.413 e. The van der Waals surface area contributed by atoms with Gasteiger partial charge in [-0.05, 0) is 45.1 Å². The van der Waals surface area contributed by atoms with Crippen LogP contribution in [0.4, 0.5) is 0 Å². The molecular formula is C17H33NOSi2. The fourth-order valence-corrected chi connectivity index (χ4v) is 4.18. The maximum atomic E-state index is 6.44. The van der Waals surface area contributed by atoms with Crippen molar-refractivity contribution in [1.82, 2.24) is 4.57 Å². The number of hydrogen-bond donors (Lipinski definition) is 0. The summed E-state index contributed by atoms with van der Waals surface area (Å²) in [7, 11) is -0.475. The molecule has 2 nitrogen and oxygen atoms in total. The minimum atomic E-state index is -1.50. The minimum Gasteiger partial charge on any atom is -0.413 e. The Morgan fingerprint density at radius 1 is 1.00 bits per heavy atom. The van der Waals surface area contributed by atoms with Crippen LogP contribution in [0.1, 0.15) is 12.0 Å². The Morgan fingerprint density at radius 2 is 1.57 bits per heavy atom. The normalized spacial score (nSPS) is 14.5. The summed E-state index contributed by atoms with van der Waals surface area (Å²) in [6.07, 6.45) is 2.58. The van der Waals surface area contributed by atoms with Crippen LogP contribution in [0.15, 0.2) is 30.3 Å². The third-order valence-corrected chi connectivity index (χ3v) is 7.25. The van der Waals surface area contributed by atoms with Gasteiger partial charge in [-0.25, -0.2) is 0 Å². The van der Waals surface area contributed by atoms with E-state index in [-0.39, 0.29) is 0 Å². The zero-order valence-corrected chi connectivity index (χ0v) is 16.9. The maximum Gasteiger partial charge on any atom is 0.184 e. The molecule has 0 spiro atoms. The van der Waals surface area contributed by atoms with Gasteiger partial charge in [0.2, 0.25) is 0 Å². The fourth-order valence-electron chi connectivity index (χ4n) is 2.24. The molecule has 21 heavy (non-hydrogen) atoms. The van der Waals surface area contributed by atoms with Crippen LogP contribution in [0, 0.1) is 0 Å². The predicted octanol–water partition coefficient (Wildman–Crippen LogP) is 4.61. The van der Waals surface area contributed by atoms with Gasteiger partial charge in [-0.2, -0.15) is 0 Å². The number of nitrogens with zero attached hydrogens (tertiary/aromatic N) is 1. The highest BCUT2D eigenvalue weighted by atomic mass is 28.4. The van der Waals surface area contributed by atoms with Crippen molar-refractivity contribution in [3.05, 3.63) is 35.9 Å². The number of hydrogen-bond acceptors (Lipinski definition) is 2. The van der Waals surface area contributed by atoms with Crippen molar-refractivity contribution >= 4 is 16.6 Å². The third kappa shape index (κ3) is 7.95. The van der Waals surface area contributed by atoms with Crippen LogP contribution >= 0.6 is 0 Å². The molecule has 0 aromatic heterocycles. The van der Waals surface area contributed by atoms with Gasteiger partial charge >= 0.3 is 0 Å². The Kier molecular flexibility index (Phi) is 6.85. The summed E-state index contributed by atoms with van der Waals surface area (Å²) in [5.74, 6) is 0. The first-order valence-corrected chi connectivity index (χ1v) is 14.9. The summed E-state index contributed by atoms with van der Waals surface area (Å²) in [6, 6.07) is 10.8. The van der Waals surface area contributed by atoms with E-state index in [1.54, 1.807) is 0 Å². The molecule has 0 saturated carbocycles. The van der Waals surface area contributed by atoms with E-state index in [4.69, 9.17) is 4.43 Å². The van der Waals surface area contributed by atoms with E-state index < -0.39 is 16.6 Å². The Balaban J connectivity index is 2.64. The second-order valence-corrected chi connectivity index (χ2v) is 17.5. The maximum absolute atomic E-state index is 6.44. The highest BCUT2D eigenvalue weighted by Gasteiger charge is 2.26. The molecule has 0 aliphatic heterocycles. The Bertz CT molecular complexity index is 409. The predicted molar refractivity (Wildman–Crippen MR) is 99.0 cm³/mol. The van der Waals surface area contributed by atoms with Gasteiger partial charge in [-0.15, -0.1) is 0 Å². The molecular weight excluding hydrogens is 290 g/mol. The number of aryl methyl sites for hydroxylation is 1. The zero-order chi connectivity index (χ0) is 16.1. The molecule has 0 aliphatic carbocycles. The van der Waals surface area contributed by atoms with Crippen molar-refractivity contribution in [3.63, 3.8) is 0 Å². The molecule has 1 atom stereocenters. The SMILES string of the molecule is CN(CC(CCc1ccccc1)O[Si](C)(C)C)[Si](C)(C)C. The van der Waals surface area contributed by atoms with Gasteiger partial charge in [0, 0.05) is 6.54 Å². The first-order chi connectivity index (χ1) is 9.58. The van der Waals surface area contributed by atoms with Crippen LogP contribution < -0.4 is 0 Å². The van der Waals surface area contributed by atoms with Crippen molar-refractivity contribution in [2.75, 3.05) is 13.6 Å². The van der Waals surface area contributed by atoms with Crippen molar-refractivity contribution in [1.29, 1.82) is 0 Å². The Labute approximate surface area is 133 Å². The van der Waals surface area contributed by atoms with Gasteiger partial charge in [-0.3, -0.25) is 0 Å². The van der Waals surface area contributed by atoms with Crippen LogP contribution in [0.3, 0.4) is 0 Å². The summed E-state index contributed by atoms with van der Waals surface area (Å²) < 4.78 is 8.99. The highest BCUT2D eigenvalue weighted by Crippen LogP contribution is 2.17. The van der Waals surface area contributed by atoms with Crippen LogP contribution in [-0.4, -0.2) is 40.8 Å². The van der Waals surface area contributed by atoms with Crippen molar-refractivity contribution in [2.24, 2.45) is 0 Å². The molecule has 1 unspecified atom stereocenters. The molecule has 0 amide bonds. The molecule has 0 fully saturated rings. The molecule has 1 aromatic rings. The Morgan fingerprint density at radius 3 is 2.05 bits per heavy atom. The molecule has 0 N–H and O–H groups in total. The number of benzene rings is 1. The molecule has 0 aliphatic rings. The summed E-state index contributed by atoms with van der Waals surface area (Å²) in [5, 5.41) is 0. The van der Waals surface area contributed by atoms with Crippen molar-refractivity contribution < 1.29 is 4.43 Å². The lowest BCUT2D eigenvalue weighted by molar-refractivity contribution is 0.159. The lowest BCUT2D eigenvalue weighted by Crippen LogP contribution is -2.49. The summed E-state index contributed by atoms with van der Waals surface area (Å²) in [5.41, 5.74) is 1.41. The molecule has 0 saturated heterocycles. The van der Waals surface area contributed by atoms with Gasteiger partial charge in [0.1, 0.15) is 8.24 Å². The van der Waals surface area contributed by atoms with E-state index in [2.05, 4.69) is 81.2 Å². The van der Waals surface area contributed by atoms with Gasteiger partial charge in [0.25, 0.3) is 0 Å². The van der Waals surface area contributed by atoms with Gasteiger partial charge in [0.05, 0.1) is 6.10 Å². The fraction of sp³-hybridized carbons (Fsp3) is 0.647. The zero-order valence-electron chi connectivity index (χ0n) is 14.9. The van der Waals surface area contributed by atoms with Gasteiger partial charge in [0.15, 0.2) is 8.32 Å². The van der Waals surface area contributed by atoms with E-state index in [0.29, 0.717) is 6.10 Å². The molecule has 1 rings (SSSR count). The molecule has 120 valence electrons. The molecule has 0 radical (unpaired) electrons. The summed E-state index contributed by atoms with van der Waals surface area (Å²) in [6.45, 7) is 15.1. The van der Waals surface area contributed by atoms with E-state index in [0.717, 1.165) is 19.4 Å². The highest BCUT2D eigenvalue weighted by molar-refractivity contribution is 6.73. The number of rotatable bonds is 8. The van der Waals surface area contributed by atoms with Crippen LogP contribution in [0.25, 0.3) is 0 Å². The smallest absolute Gasteiger partial charge is 0.184 e.